The molecule has 0 saturated heterocycles. The number of phenolic OH excluding ortho intramolecular Hbond substituents is 1. The fourth-order valence-corrected chi connectivity index (χ4v) is 3.82. The first-order valence-corrected chi connectivity index (χ1v) is 11.5. The molecule has 0 spiro atoms. The number of thioether (sulfide) groups is 1. The molecule has 8 heteroatoms. The smallest absolute Gasteiger partial charge is 0.412 e. The average Bonchev–Trinajstić information content (AvgIpc) is 2.81. The van der Waals surface area contributed by atoms with Crippen molar-refractivity contribution in [2.24, 2.45) is 0 Å². The number of ether oxygens (including phenoxy) is 2. The predicted molar refractivity (Wildman–Crippen MR) is 129 cm³/mol. The molecule has 0 unspecified atom stereocenters. The van der Waals surface area contributed by atoms with E-state index in [1.54, 1.807) is 61.2 Å². The Labute approximate surface area is 196 Å². The molecule has 7 nitrogen and oxygen atoms in total. The zero-order valence-electron chi connectivity index (χ0n) is 18.2. The van der Waals surface area contributed by atoms with Crippen LogP contribution in [0.4, 0.5) is 10.5 Å². The van der Waals surface area contributed by atoms with Gasteiger partial charge in [-0.2, -0.15) is 0 Å². The van der Waals surface area contributed by atoms with Crippen molar-refractivity contribution in [1.82, 2.24) is 0 Å². The number of carbonyl (C=O) groups is 2. The molecule has 3 aromatic rings. The van der Waals surface area contributed by atoms with Gasteiger partial charge in [-0.3, -0.25) is 5.32 Å². The second kappa shape index (κ2) is 11.4. The number of fused-ring (bicyclic) bond motifs is 1. The highest BCUT2D eigenvalue weighted by atomic mass is 32.2. The fourth-order valence-electron chi connectivity index (χ4n) is 3.41. The number of rotatable bonds is 9. The molecule has 0 aliphatic carbocycles. The molecule has 0 fully saturated rings. The van der Waals surface area contributed by atoms with E-state index < -0.39 is 24.3 Å². The van der Waals surface area contributed by atoms with Crippen molar-refractivity contribution in [2.45, 2.75) is 24.0 Å². The molecule has 0 aromatic heterocycles. The molecule has 3 rings (SSSR count). The van der Waals surface area contributed by atoms with Crippen molar-refractivity contribution in [1.29, 1.82) is 0 Å². The number of hydrogen-bond donors (Lipinski definition) is 3. The van der Waals surface area contributed by atoms with Crippen LogP contribution < -0.4 is 5.32 Å². The van der Waals surface area contributed by atoms with Crippen molar-refractivity contribution in [3.63, 3.8) is 0 Å². The first kappa shape index (κ1) is 24.2. The topological polar surface area (TPSA) is 105 Å². The second-order valence-electron chi connectivity index (χ2n) is 7.02. The van der Waals surface area contributed by atoms with Crippen LogP contribution in [0.25, 0.3) is 10.8 Å². The van der Waals surface area contributed by atoms with Gasteiger partial charge in [-0.15, -0.1) is 11.8 Å². The Hall–Kier alpha value is -3.49. The summed E-state index contributed by atoms with van der Waals surface area (Å²) in [6.45, 7) is 2.03. The molecule has 2 atom stereocenters. The lowest BCUT2D eigenvalue weighted by molar-refractivity contribution is -0.131. The Morgan fingerprint density at radius 2 is 1.76 bits per heavy atom. The molecule has 0 aliphatic rings. The molecular weight excluding hydrogens is 442 g/mol. The predicted octanol–water partition coefficient (Wildman–Crippen LogP) is 5.60. The summed E-state index contributed by atoms with van der Waals surface area (Å²) >= 11 is 1.59. The number of nitrogens with one attached hydrogen (secondary N) is 1. The lowest BCUT2D eigenvalue weighted by Crippen LogP contribution is -2.28. The van der Waals surface area contributed by atoms with E-state index in [1.165, 1.54) is 12.1 Å². The summed E-state index contributed by atoms with van der Waals surface area (Å²) in [5, 5.41) is 23.3. The van der Waals surface area contributed by atoms with E-state index in [0.717, 1.165) is 11.0 Å². The maximum absolute atomic E-state index is 12.8. The first-order chi connectivity index (χ1) is 15.9. The largest absolute Gasteiger partial charge is 0.507 e. The Balaban J connectivity index is 1.98. The second-order valence-corrected chi connectivity index (χ2v) is 7.90. The van der Waals surface area contributed by atoms with Gasteiger partial charge in [0, 0.05) is 34.2 Å². The molecule has 3 N–H and O–H groups in total. The molecule has 0 radical (unpaired) electrons. The summed E-state index contributed by atoms with van der Waals surface area (Å²) in [5.74, 6) is -1.06. The molecule has 0 heterocycles. The number of benzene rings is 3. The van der Waals surface area contributed by atoms with Crippen LogP contribution >= 0.6 is 11.8 Å². The lowest BCUT2D eigenvalue weighted by atomic mass is 9.96. The number of carbonyl (C=O) groups excluding carboxylic acids is 1. The first-order valence-electron chi connectivity index (χ1n) is 10.3. The van der Waals surface area contributed by atoms with Crippen molar-refractivity contribution < 1.29 is 29.3 Å². The molecular formula is C25H25NO6S. The van der Waals surface area contributed by atoms with Gasteiger partial charge in [0.15, 0.2) is 6.10 Å². The van der Waals surface area contributed by atoms with Gasteiger partial charge in [-0.25, -0.2) is 9.59 Å². The van der Waals surface area contributed by atoms with Crippen LogP contribution in [-0.2, 0) is 14.3 Å². The number of aromatic hydroxyl groups is 1. The van der Waals surface area contributed by atoms with Crippen LogP contribution in [-0.4, -0.2) is 41.2 Å². The summed E-state index contributed by atoms with van der Waals surface area (Å²) in [6, 6.07) is 17.6. The van der Waals surface area contributed by atoms with E-state index >= 15 is 0 Å². The van der Waals surface area contributed by atoms with Gasteiger partial charge in [0.05, 0.1) is 0 Å². The molecule has 1 amide bonds. The van der Waals surface area contributed by atoms with Crippen molar-refractivity contribution >= 4 is 40.3 Å². The third kappa shape index (κ3) is 6.27. The van der Waals surface area contributed by atoms with Gasteiger partial charge in [0.25, 0.3) is 0 Å². The minimum atomic E-state index is -1.15. The average molecular weight is 468 g/mol. The minimum Gasteiger partial charge on any atom is -0.507 e. The monoisotopic (exact) mass is 467 g/mol. The van der Waals surface area contributed by atoms with Crippen LogP contribution in [0, 0.1) is 0 Å². The minimum absolute atomic E-state index is 0.0838. The highest BCUT2D eigenvalue weighted by molar-refractivity contribution is 7.98. The number of anilines is 1. The van der Waals surface area contributed by atoms with Gasteiger partial charge in [-0.1, -0.05) is 30.3 Å². The zero-order valence-corrected chi connectivity index (χ0v) is 19.0. The maximum Gasteiger partial charge on any atom is 0.412 e. The number of amides is 1. The van der Waals surface area contributed by atoms with Crippen molar-refractivity contribution in [2.75, 3.05) is 18.2 Å². The number of carboxylic acids is 1. The molecule has 3 aromatic carbocycles. The lowest BCUT2D eigenvalue weighted by Gasteiger charge is -2.26. The van der Waals surface area contributed by atoms with Crippen molar-refractivity contribution in [3.8, 4) is 5.75 Å². The highest BCUT2D eigenvalue weighted by Crippen LogP contribution is 2.35. The Morgan fingerprint density at radius 3 is 2.39 bits per heavy atom. The van der Waals surface area contributed by atoms with E-state index in [9.17, 15) is 14.7 Å². The van der Waals surface area contributed by atoms with E-state index in [-0.39, 0.29) is 12.4 Å². The number of phenols is 1. The summed E-state index contributed by atoms with van der Waals surface area (Å²) < 4.78 is 11.5. The fraction of sp³-hybridized carbons (Fsp3) is 0.200. The quantitative estimate of drug-likeness (QED) is 0.278. The molecule has 0 aliphatic heterocycles. The molecule has 0 bridgehead atoms. The van der Waals surface area contributed by atoms with Crippen LogP contribution in [0.2, 0.25) is 0 Å². The summed E-state index contributed by atoms with van der Waals surface area (Å²) in [6.07, 6.45) is 1.70. The maximum atomic E-state index is 12.8. The third-order valence-electron chi connectivity index (χ3n) is 4.90. The van der Waals surface area contributed by atoms with E-state index in [0.29, 0.717) is 22.0 Å². The highest BCUT2D eigenvalue weighted by Gasteiger charge is 2.28. The van der Waals surface area contributed by atoms with Crippen LogP contribution in [0.3, 0.4) is 0 Å². The van der Waals surface area contributed by atoms with Gasteiger partial charge in [0.2, 0.25) is 0 Å². The standard InChI is InChI=1S/C25H25NO6S/c1-3-31-22(14-15-23(28)29)24(20-12-13-21(27)19-7-5-4-6-18(19)20)32-25(30)26-16-8-10-17(33-2)11-9-16/h4-15,22,24,27H,3H2,1-2H3,(H,26,30)(H,28,29)/b15-14+/t22-,24-/m1/s1. The number of aliphatic carboxylic acids is 1. The SMILES string of the molecule is CCO[C@H](/C=C/C(=O)O)[C@H](OC(=O)Nc1ccc(SC)cc1)c1ccc(O)c2ccccc12. The summed E-state index contributed by atoms with van der Waals surface area (Å²) in [4.78, 5) is 25.0. The van der Waals surface area contributed by atoms with E-state index in [1.807, 2.05) is 18.4 Å². The zero-order chi connectivity index (χ0) is 23.8. The molecule has 33 heavy (non-hydrogen) atoms. The van der Waals surface area contributed by atoms with E-state index in [2.05, 4.69) is 5.32 Å². The third-order valence-corrected chi connectivity index (χ3v) is 5.64. The van der Waals surface area contributed by atoms with Gasteiger partial charge in [0.1, 0.15) is 11.9 Å². The normalized spacial score (nSPS) is 13.0. The van der Waals surface area contributed by atoms with Gasteiger partial charge in [-0.05, 0) is 55.0 Å². The summed E-state index contributed by atoms with van der Waals surface area (Å²) in [5.41, 5.74) is 1.13. The van der Waals surface area contributed by atoms with Crippen LogP contribution in [0.15, 0.2) is 77.7 Å². The van der Waals surface area contributed by atoms with Gasteiger partial charge < -0.3 is 19.7 Å². The molecule has 0 saturated carbocycles. The Bertz CT molecular complexity index is 1150. The van der Waals surface area contributed by atoms with Crippen molar-refractivity contribution in [3.05, 3.63) is 78.4 Å². The number of hydrogen-bond acceptors (Lipinski definition) is 6. The van der Waals surface area contributed by atoms with Gasteiger partial charge >= 0.3 is 12.1 Å². The summed E-state index contributed by atoms with van der Waals surface area (Å²) in [7, 11) is 0. The van der Waals surface area contributed by atoms with Crippen LogP contribution in [0.1, 0.15) is 18.6 Å². The van der Waals surface area contributed by atoms with Crippen LogP contribution in [0.5, 0.6) is 5.75 Å². The Morgan fingerprint density at radius 1 is 1.06 bits per heavy atom. The molecule has 172 valence electrons. The van der Waals surface area contributed by atoms with E-state index in [4.69, 9.17) is 14.6 Å². The number of carboxylic acid groups (broad SMARTS) is 1. The Kier molecular flexibility index (Phi) is 8.34.